The second-order valence-corrected chi connectivity index (χ2v) is 6.90. The van der Waals surface area contributed by atoms with E-state index in [1.807, 2.05) is 26.0 Å². The molecule has 0 amide bonds. The van der Waals surface area contributed by atoms with Crippen molar-refractivity contribution in [2.75, 3.05) is 0 Å². The summed E-state index contributed by atoms with van der Waals surface area (Å²) >= 11 is 0. The summed E-state index contributed by atoms with van der Waals surface area (Å²) in [5.74, 6) is 1.58. The summed E-state index contributed by atoms with van der Waals surface area (Å²) in [6.07, 6.45) is 6.11. The minimum atomic E-state index is -0.907. The molecule has 2 aliphatic heterocycles. The molecule has 0 aromatic carbocycles. The van der Waals surface area contributed by atoms with Crippen molar-refractivity contribution in [3.05, 3.63) is 12.2 Å². The molecule has 18 heavy (non-hydrogen) atoms. The lowest BCUT2D eigenvalue weighted by Crippen LogP contribution is -2.56. The van der Waals surface area contributed by atoms with Gasteiger partial charge < -0.3 is 5.11 Å². The molecule has 2 fully saturated rings. The molecule has 102 valence electrons. The van der Waals surface area contributed by atoms with E-state index in [1.54, 1.807) is 0 Å². The summed E-state index contributed by atoms with van der Waals surface area (Å²) in [5, 5.41) is 11.0. The van der Waals surface area contributed by atoms with Crippen LogP contribution in [0.4, 0.5) is 0 Å². The van der Waals surface area contributed by atoms with Crippen molar-refractivity contribution in [3.63, 3.8) is 0 Å². The minimum Gasteiger partial charge on any atom is -0.383 e. The highest BCUT2D eigenvalue weighted by molar-refractivity contribution is 5.22. The fraction of sp³-hybridized carbons (Fsp3) is 0.867. The number of rotatable bonds is 1. The minimum absolute atomic E-state index is 0.122. The monoisotopic (exact) mass is 252 g/mol. The molecular formula is C15H24O3. The SMILES string of the molecule is CC1CCC2C1C1OOC2(C)C=CC1(O)C(C)C. The zero-order valence-electron chi connectivity index (χ0n) is 11.7. The molecule has 0 aromatic rings. The first kappa shape index (κ1) is 12.6. The van der Waals surface area contributed by atoms with Gasteiger partial charge in [0.2, 0.25) is 0 Å². The molecule has 2 heterocycles. The fourth-order valence-electron chi connectivity index (χ4n) is 4.13. The first-order valence-electron chi connectivity index (χ1n) is 7.16. The third-order valence-electron chi connectivity index (χ3n) is 5.53. The molecule has 1 N–H and O–H groups in total. The van der Waals surface area contributed by atoms with Crippen molar-refractivity contribution >= 4 is 0 Å². The van der Waals surface area contributed by atoms with E-state index in [0.29, 0.717) is 17.8 Å². The zero-order valence-corrected chi connectivity index (χ0v) is 11.7. The summed E-state index contributed by atoms with van der Waals surface area (Å²) < 4.78 is 0. The summed E-state index contributed by atoms with van der Waals surface area (Å²) in [6.45, 7) is 8.45. The number of fused-ring (bicyclic) bond motifs is 2. The number of aliphatic hydroxyl groups is 1. The predicted molar refractivity (Wildman–Crippen MR) is 68.7 cm³/mol. The molecule has 0 radical (unpaired) electrons. The van der Waals surface area contributed by atoms with Crippen LogP contribution in [-0.2, 0) is 9.78 Å². The molecule has 0 aromatic heterocycles. The van der Waals surface area contributed by atoms with Gasteiger partial charge in [0.25, 0.3) is 0 Å². The van der Waals surface area contributed by atoms with E-state index in [9.17, 15) is 5.11 Å². The molecule has 4 rings (SSSR count). The predicted octanol–water partition coefficient (Wildman–Crippen LogP) is 2.69. The van der Waals surface area contributed by atoms with Gasteiger partial charge in [0, 0.05) is 5.92 Å². The first-order chi connectivity index (χ1) is 8.38. The second kappa shape index (κ2) is 3.81. The first-order valence-corrected chi connectivity index (χ1v) is 7.16. The second-order valence-electron chi connectivity index (χ2n) is 6.90. The molecule has 4 aliphatic rings. The van der Waals surface area contributed by atoms with Gasteiger partial charge in [-0.3, -0.25) is 0 Å². The van der Waals surface area contributed by atoms with Crippen molar-refractivity contribution in [2.45, 2.75) is 57.8 Å². The Morgan fingerprint density at radius 3 is 2.67 bits per heavy atom. The fourth-order valence-corrected chi connectivity index (χ4v) is 4.13. The van der Waals surface area contributed by atoms with Gasteiger partial charge in [-0.05, 0) is 37.5 Å². The molecule has 2 bridgehead atoms. The van der Waals surface area contributed by atoms with Crippen LogP contribution in [0.5, 0.6) is 0 Å². The molecule has 0 spiro atoms. The topological polar surface area (TPSA) is 38.7 Å². The highest BCUT2D eigenvalue weighted by Crippen LogP contribution is 2.55. The Labute approximate surface area is 109 Å². The molecule has 1 saturated heterocycles. The number of hydrogen-bond donors (Lipinski definition) is 1. The molecule has 2 aliphatic carbocycles. The summed E-state index contributed by atoms with van der Waals surface area (Å²) in [4.78, 5) is 11.3. The lowest BCUT2D eigenvalue weighted by Gasteiger charge is -2.47. The van der Waals surface area contributed by atoms with Crippen LogP contribution >= 0.6 is 0 Å². The maximum absolute atomic E-state index is 11.0. The van der Waals surface area contributed by atoms with Crippen LogP contribution in [0.2, 0.25) is 0 Å². The zero-order chi connectivity index (χ0) is 13.1. The van der Waals surface area contributed by atoms with E-state index in [-0.39, 0.29) is 17.6 Å². The average molecular weight is 252 g/mol. The Bertz CT molecular complexity index is 378. The Hall–Kier alpha value is -0.380. The lowest BCUT2D eigenvalue weighted by molar-refractivity contribution is -0.434. The van der Waals surface area contributed by atoms with E-state index < -0.39 is 5.60 Å². The molecule has 1 saturated carbocycles. The van der Waals surface area contributed by atoms with Crippen LogP contribution in [0.25, 0.3) is 0 Å². The maximum Gasteiger partial charge on any atom is 0.129 e. The average Bonchev–Trinajstić information content (AvgIpc) is 2.61. The largest absolute Gasteiger partial charge is 0.383 e. The van der Waals surface area contributed by atoms with Gasteiger partial charge >= 0.3 is 0 Å². The van der Waals surface area contributed by atoms with Crippen LogP contribution in [0.15, 0.2) is 12.2 Å². The van der Waals surface area contributed by atoms with Gasteiger partial charge in [-0.15, -0.1) is 0 Å². The van der Waals surface area contributed by atoms with E-state index in [4.69, 9.17) is 9.78 Å². The van der Waals surface area contributed by atoms with Crippen LogP contribution < -0.4 is 0 Å². The van der Waals surface area contributed by atoms with Crippen molar-refractivity contribution in [2.24, 2.45) is 23.7 Å². The third-order valence-corrected chi connectivity index (χ3v) is 5.53. The van der Waals surface area contributed by atoms with Gasteiger partial charge in [0.15, 0.2) is 0 Å². The van der Waals surface area contributed by atoms with Gasteiger partial charge in [-0.1, -0.05) is 32.9 Å². The maximum atomic E-state index is 11.0. The molecule has 3 nitrogen and oxygen atoms in total. The van der Waals surface area contributed by atoms with Crippen LogP contribution in [0.3, 0.4) is 0 Å². The summed E-state index contributed by atoms with van der Waals surface area (Å²) in [7, 11) is 0. The van der Waals surface area contributed by atoms with Crippen molar-refractivity contribution in [1.29, 1.82) is 0 Å². The van der Waals surface area contributed by atoms with Crippen LogP contribution in [0.1, 0.15) is 40.5 Å². The molecule has 3 heteroatoms. The Morgan fingerprint density at radius 1 is 1.28 bits per heavy atom. The highest BCUT2D eigenvalue weighted by atomic mass is 17.2. The van der Waals surface area contributed by atoms with E-state index >= 15 is 0 Å². The lowest BCUT2D eigenvalue weighted by atomic mass is 9.72. The highest BCUT2D eigenvalue weighted by Gasteiger charge is 2.60. The Morgan fingerprint density at radius 2 is 2.00 bits per heavy atom. The van der Waals surface area contributed by atoms with Crippen LogP contribution in [0, 0.1) is 23.7 Å². The van der Waals surface area contributed by atoms with Gasteiger partial charge in [0.1, 0.15) is 17.3 Å². The standard InChI is InChI=1S/C15H24O3/c1-9(2)15(16)8-7-14(4)11-6-5-10(3)12(11)13(15)17-18-14/h7-13,16H,5-6H2,1-4H3. The van der Waals surface area contributed by atoms with Crippen molar-refractivity contribution < 1.29 is 14.9 Å². The molecular weight excluding hydrogens is 228 g/mol. The van der Waals surface area contributed by atoms with E-state index in [1.165, 1.54) is 12.8 Å². The Kier molecular flexibility index (Phi) is 2.68. The normalized spacial score (nSPS) is 54.8. The Balaban J connectivity index is 2.08. The smallest absolute Gasteiger partial charge is 0.129 e. The number of hydrogen-bond acceptors (Lipinski definition) is 3. The van der Waals surface area contributed by atoms with E-state index in [2.05, 4.69) is 13.8 Å². The van der Waals surface area contributed by atoms with E-state index in [0.717, 1.165) is 0 Å². The molecule has 6 unspecified atom stereocenters. The molecule has 6 atom stereocenters. The van der Waals surface area contributed by atoms with Gasteiger partial charge in [-0.25, -0.2) is 9.78 Å². The van der Waals surface area contributed by atoms with Gasteiger partial charge in [-0.2, -0.15) is 0 Å². The van der Waals surface area contributed by atoms with Crippen LogP contribution in [-0.4, -0.2) is 22.4 Å². The third kappa shape index (κ3) is 1.47. The quantitative estimate of drug-likeness (QED) is 0.576. The van der Waals surface area contributed by atoms with Gasteiger partial charge in [0.05, 0.1) is 0 Å². The van der Waals surface area contributed by atoms with Crippen molar-refractivity contribution in [3.8, 4) is 0 Å². The van der Waals surface area contributed by atoms with Crippen molar-refractivity contribution in [1.82, 2.24) is 0 Å². The summed E-state index contributed by atoms with van der Waals surface area (Å²) in [6, 6.07) is 0. The summed E-state index contributed by atoms with van der Waals surface area (Å²) in [5.41, 5.74) is -1.28.